The van der Waals surface area contributed by atoms with Gasteiger partial charge in [0.1, 0.15) is 24.7 Å². The predicted octanol–water partition coefficient (Wildman–Crippen LogP) is 4.05. The molecule has 0 atom stereocenters. The van der Waals surface area contributed by atoms with Crippen LogP contribution < -0.4 is 19.5 Å². The van der Waals surface area contributed by atoms with E-state index in [-0.39, 0.29) is 11.8 Å². The molecule has 1 N–H and O–H groups in total. The molecule has 1 amide bonds. The summed E-state index contributed by atoms with van der Waals surface area (Å²) in [6.07, 6.45) is 0.717. The second kappa shape index (κ2) is 7.51. The predicted molar refractivity (Wildman–Crippen MR) is 109 cm³/mol. The fourth-order valence-corrected chi connectivity index (χ4v) is 3.87. The Morgan fingerprint density at radius 1 is 0.828 bits per heavy atom. The van der Waals surface area contributed by atoms with E-state index in [9.17, 15) is 4.79 Å². The van der Waals surface area contributed by atoms with Crippen LogP contribution in [0.5, 0.6) is 23.0 Å². The van der Waals surface area contributed by atoms with Crippen molar-refractivity contribution in [2.45, 2.75) is 12.3 Å². The van der Waals surface area contributed by atoms with Crippen LogP contribution in [-0.2, 0) is 11.2 Å². The topological polar surface area (TPSA) is 56.8 Å². The fraction of sp³-hybridized carbons (Fsp3) is 0.208. The van der Waals surface area contributed by atoms with Gasteiger partial charge in [0, 0.05) is 17.7 Å². The maximum Gasteiger partial charge on any atom is 0.232 e. The average molecular weight is 387 g/mol. The fourth-order valence-electron chi connectivity index (χ4n) is 3.87. The molecule has 5 rings (SSSR count). The van der Waals surface area contributed by atoms with Gasteiger partial charge >= 0.3 is 0 Å². The van der Waals surface area contributed by atoms with Crippen molar-refractivity contribution < 1.29 is 19.0 Å². The maximum atomic E-state index is 13.1. The van der Waals surface area contributed by atoms with E-state index in [1.165, 1.54) is 0 Å². The highest BCUT2D eigenvalue weighted by molar-refractivity contribution is 5.89. The third kappa shape index (κ3) is 3.40. The third-order valence-electron chi connectivity index (χ3n) is 5.26. The number of hydrogen-bond donors (Lipinski definition) is 1. The quantitative estimate of drug-likeness (QED) is 0.734. The minimum absolute atomic E-state index is 0.0225. The van der Waals surface area contributed by atoms with Crippen LogP contribution in [0.3, 0.4) is 0 Å². The van der Waals surface area contributed by atoms with Crippen LogP contribution >= 0.6 is 0 Å². The molecule has 0 radical (unpaired) electrons. The van der Waals surface area contributed by atoms with E-state index in [0.29, 0.717) is 19.8 Å². The van der Waals surface area contributed by atoms with Gasteiger partial charge in [-0.15, -0.1) is 0 Å². The van der Waals surface area contributed by atoms with Crippen LogP contribution in [0.25, 0.3) is 0 Å². The number of benzene rings is 3. The SMILES string of the molecule is O=C(NCCc1ccc2c(c1)OCCO2)C1c2ccccc2Oc2ccccc21. The van der Waals surface area contributed by atoms with Gasteiger partial charge in [0.25, 0.3) is 0 Å². The monoisotopic (exact) mass is 387 g/mol. The molecule has 0 bridgehead atoms. The summed E-state index contributed by atoms with van der Waals surface area (Å²) in [5.41, 5.74) is 2.88. The van der Waals surface area contributed by atoms with E-state index < -0.39 is 0 Å². The normalized spacial score (nSPS) is 14.3. The second-order valence-electron chi connectivity index (χ2n) is 7.13. The Morgan fingerprint density at radius 3 is 2.21 bits per heavy atom. The van der Waals surface area contributed by atoms with E-state index in [0.717, 1.165) is 46.1 Å². The van der Waals surface area contributed by atoms with Gasteiger partial charge in [0.05, 0.1) is 5.92 Å². The van der Waals surface area contributed by atoms with Crippen LogP contribution in [0.15, 0.2) is 66.7 Å². The summed E-state index contributed by atoms with van der Waals surface area (Å²) in [7, 11) is 0. The molecule has 3 aromatic rings. The number of rotatable bonds is 4. The molecule has 0 fully saturated rings. The molecule has 29 heavy (non-hydrogen) atoms. The van der Waals surface area contributed by atoms with E-state index in [2.05, 4.69) is 5.32 Å². The van der Waals surface area contributed by atoms with Gasteiger partial charge in [0.2, 0.25) is 5.91 Å². The lowest BCUT2D eigenvalue weighted by atomic mass is 9.87. The van der Waals surface area contributed by atoms with Crippen molar-refractivity contribution in [2.24, 2.45) is 0 Å². The van der Waals surface area contributed by atoms with Crippen molar-refractivity contribution in [1.29, 1.82) is 0 Å². The summed E-state index contributed by atoms with van der Waals surface area (Å²) in [5.74, 6) is 2.62. The van der Waals surface area contributed by atoms with Gasteiger partial charge in [-0.2, -0.15) is 0 Å². The largest absolute Gasteiger partial charge is 0.486 e. The summed E-state index contributed by atoms with van der Waals surface area (Å²) in [4.78, 5) is 13.1. The lowest BCUT2D eigenvalue weighted by molar-refractivity contribution is -0.121. The lowest BCUT2D eigenvalue weighted by Crippen LogP contribution is -2.33. The van der Waals surface area contributed by atoms with Gasteiger partial charge in [-0.1, -0.05) is 42.5 Å². The van der Waals surface area contributed by atoms with Crippen molar-refractivity contribution in [1.82, 2.24) is 5.32 Å². The first-order valence-corrected chi connectivity index (χ1v) is 9.81. The zero-order valence-corrected chi connectivity index (χ0v) is 15.9. The summed E-state index contributed by atoms with van der Waals surface area (Å²) in [6, 6.07) is 21.4. The average Bonchev–Trinajstić information content (AvgIpc) is 2.77. The van der Waals surface area contributed by atoms with Gasteiger partial charge in [-0.3, -0.25) is 4.79 Å². The van der Waals surface area contributed by atoms with Crippen molar-refractivity contribution in [3.63, 3.8) is 0 Å². The van der Waals surface area contributed by atoms with E-state index in [4.69, 9.17) is 14.2 Å². The number of carbonyl (C=O) groups is 1. The number of nitrogens with one attached hydrogen (secondary N) is 1. The molecule has 2 aliphatic rings. The van der Waals surface area contributed by atoms with Gasteiger partial charge in [-0.25, -0.2) is 0 Å². The van der Waals surface area contributed by atoms with Crippen LogP contribution in [0.2, 0.25) is 0 Å². The van der Waals surface area contributed by atoms with E-state index >= 15 is 0 Å². The summed E-state index contributed by atoms with van der Waals surface area (Å²) in [5, 5.41) is 3.10. The highest BCUT2D eigenvalue weighted by atomic mass is 16.6. The Hall–Kier alpha value is -3.47. The standard InChI is InChI=1S/C24H21NO4/c26-24(25-12-11-16-9-10-21-22(15-16)28-14-13-27-21)23-17-5-1-3-7-19(17)29-20-8-4-2-6-18(20)23/h1-10,15,23H,11-14H2,(H,25,26). The lowest BCUT2D eigenvalue weighted by Gasteiger charge is -2.27. The summed E-state index contributed by atoms with van der Waals surface area (Å²) >= 11 is 0. The Kier molecular flexibility index (Phi) is 4.56. The molecule has 0 aliphatic carbocycles. The molecule has 146 valence electrons. The van der Waals surface area contributed by atoms with Gasteiger partial charge < -0.3 is 19.5 Å². The molecule has 0 saturated carbocycles. The smallest absolute Gasteiger partial charge is 0.232 e. The zero-order valence-electron chi connectivity index (χ0n) is 15.9. The molecule has 0 spiro atoms. The summed E-state index contributed by atoms with van der Waals surface area (Å²) < 4.78 is 17.2. The number of amides is 1. The Morgan fingerprint density at radius 2 is 1.48 bits per heavy atom. The number of ether oxygens (including phenoxy) is 3. The van der Waals surface area contributed by atoms with Crippen LogP contribution in [-0.4, -0.2) is 25.7 Å². The van der Waals surface area contributed by atoms with Crippen molar-refractivity contribution >= 4 is 5.91 Å². The molecule has 5 nitrogen and oxygen atoms in total. The molecule has 2 aliphatic heterocycles. The molecule has 3 aromatic carbocycles. The molecular formula is C24H21NO4. The number of hydrogen-bond acceptors (Lipinski definition) is 4. The molecule has 0 saturated heterocycles. The number of para-hydroxylation sites is 2. The minimum Gasteiger partial charge on any atom is -0.486 e. The number of carbonyl (C=O) groups excluding carboxylic acids is 1. The molecule has 5 heteroatoms. The Bertz CT molecular complexity index is 1020. The van der Waals surface area contributed by atoms with Crippen LogP contribution in [0, 0.1) is 0 Å². The maximum absolute atomic E-state index is 13.1. The minimum atomic E-state index is -0.378. The zero-order chi connectivity index (χ0) is 19.6. The highest BCUT2D eigenvalue weighted by Crippen LogP contribution is 2.43. The molecule has 0 unspecified atom stereocenters. The van der Waals surface area contributed by atoms with Crippen LogP contribution in [0.4, 0.5) is 0 Å². The first kappa shape index (κ1) is 17.6. The molecule has 0 aromatic heterocycles. The van der Waals surface area contributed by atoms with E-state index in [1.54, 1.807) is 0 Å². The first-order chi connectivity index (χ1) is 14.3. The van der Waals surface area contributed by atoms with Crippen molar-refractivity contribution in [3.8, 4) is 23.0 Å². The van der Waals surface area contributed by atoms with Crippen molar-refractivity contribution in [3.05, 3.63) is 83.4 Å². The molecular weight excluding hydrogens is 366 g/mol. The Balaban J connectivity index is 1.31. The second-order valence-corrected chi connectivity index (χ2v) is 7.13. The van der Waals surface area contributed by atoms with E-state index in [1.807, 2.05) is 66.7 Å². The van der Waals surface area contributed by atoms with Crippen LogP contribution in [0.1, 0.15) is 22.6 Å². The highest BCUT2D eigenvalue weighted by Gasteiger charge is 2.32. The third-order valence-corrected chi connectivity index (χ3v) is 5.26. The van der Waals surface area contributed by atoms with Gasteiger partial charge in [-0.05, 0) is 36.2 Å². The van der Waals surface area contributed by atoms with Gasteiger partial charge in [0.15, 0.2) is 11.5 Å². The Labute approximate surface area is 169 Å². The molecule has 2 heterocycles. The van der Waals surface area contributed by atoms with Crippen molar-refractivity contribution in [2.75, 3.05) is 19.8 Å². The number of fused-ring (bicyclic) bond motifs is 3. The first-order valence-electron chi connectivity index (χ1n) is 9.81. The summed E-state index contributed by atoms with van der Waals surface area (Å²) in [6.45, 7) is 1.69.